The molecule has 0 saturated carbocycles. The fourth-order valence-corrected chi connectivity index (χ4v) is 3.93. The Labute approximate surface area is 179 Å². The third-order valence-corrected chi connectivity index (χ3v) is 5.75. The van der Waals surface area contributed by atoms with E-state index in [1.165, 1.54) is 33.5 Å². The highest BCUT2D eigenvalue weighted by molar-refractivity contribution is 7.89. The maximum Gasteiger partial charge on any atom is 0.238 e. The number of furan rings is 1. The Balaban J connectivity index is 1.88. The van der Waals surface area contributed by atoms with Crippen LogP contribution in [0.3, 0.4) is 0 Å². The number of nitrogens with zero attached hydrogens (tertiary/aromatic N) is 1. The van der Waals surface area contributed by atoms with E-state index in [0.29, 0.717) is 50.8 Å². The highest BCUT2D eigenvalue weighted by Crippen LogP contribution is 2.42. The summed E-state index contributed by atoms with van der Waals surface area (Å²) in [5.41, 5.74) is 3.16. The van der Waals surface area contributed by atoms with Crippen LogP contribution in [-0.2, 0) is 10.0 Å². The number of methoxy groups -OCH3 is 3. The molecule has 2 aromatic heterocycles. The highest BCUT2D eigenvalue weighted by Gasteiger charge is 2.18. The van der Waals surface area contributed by atoms with Crippen LogP contribution in [0.1, 0.15) is 0 Å². The van der Waals surface area contributed by atoms with Crippen LogP contribution in [0, 0.1) is 0 Å². The highest BCUT2D eigenvalue weighted by atomic mass is 32.2. The molecule has 0 bridgehead atoms. The number of ether oxygens (including phenoxy) is 3. The van der Waals surface area contributed by atoms with Crippen molar-refractivity contribution in [2.75, 3.05) is 21.3 Å². The number of aromatic nitrogens is 1. The summed E-state index contributed by atoms with van der Waals surface area (Å²) in [5, 5.41) is 5.28. The average molecular weight is 440 g/mol. The van der Waals surface area contributed by atoms with Gasteiger partial charge < -0.3 is 18.6 Å². The van der Waals surface area contributed by atoms with Crippen molar-refractivity contribution in [2.45, 2.75) is 4.90 Å². The summed E-state index contributed by atoms with van der Waals surface area (Å²) in [4.78, 5) is 4.40. The Morgan fingerprint density at radius 3 is 2.23 bits per heavy atom. The van der Waals surface area contributed by atoms with Gasteiger partial charge in [-0.3, -0.25) is 4.98 Å². The molecule has 2 N–H and O–H groups in total. The van der Waals surface area contributed by atoms with E-state index in [2.05, 4.69) is 4.98 Å². The number of sulfonamides is 1. The second-order valence-electron chi connectivity index (χ2n) is 6.67. The minimum atomic E-state index is -3.83. The van der Waals surface area contributed by atoms with Gasteiger partial charge in [0.15, 0.2) is 17.1 Å². The first kappa shape index (κ1) is 20.7. The number of pyridine rings is 1. The molecule has 0 spiro atoms. The number of fused-ring (bicyclic) bond motifs is 1. The van der Waals surface area contributed by atoms with E-state index < -0.39 is 10.0 Å². The van der Waals surface area contributed by atoms with Crippen LogP contribution in [0.25, 0.3) is 33.6 Å². The Morgan fingerprint density at radius 2 is 1.61 bits per heavy atom. The number of hydrogen-bond acceptors (Lipinski definition) is 7. The fraction of sp³-hybridized carbons (Fsp3) is 0.136. The molecular weight excluding hydrogens is 420 g/mol. The number of nitrogens with two attached hydrogens (primary N) is 1. The molecule has 0 saturated heterocycles. The van der Waals surface area contributed by atoms with Crippen LogP contribution >= 0.6 is 0 Å². The average Bonchev–Trinajstić information content (AvgIpc) is 3.22. The van der Waals surface area contributed by atoms with Gasteiger partial charge in [0, 0.05) is 23.4 Å². The van der Waals surface area contributed by atoms with Crippen molar-refractivity contribution in [1.29, 1.82) is 0 Å². The number of rotatable bonds is 6. The van der Waals surface area contributed by atoms with E-state index in [0.717, 1.165) is 0 Å². The van der Waals surface area contributed by atoms with Crippen molar-refractivity contribution in [2.24, 2.45) is 5.14 Å². The SMILES string of the molecule is COc1cc(-c2cc3nccc(-c4cccc(S(N)(=O)=O)c4)c3o2)cc(OC)c1OC. The Kier molecular flexibility index (Phi) is 5.30. The number of primary sulfonamides is 1. The molecule has 0 aliphatic rings. The predicted molar refractivity (Wildman–Crippen MR) is 116 cm³/mol. The summed E-state index contributed by atoms with van der Waals surface area (Å²) < 4.78 is 45.9. The Hall–Kier alpha value is -3.56. The minimum Gasteiger partial charge on any atom is -0.493 e. The van der Waals surface area contributed by atoms with Gasteiger partial charge in [-0.25, -0.2) is 13.6 Å². The first-order valence-electron chi connectivity index (χ1n) is 9.18. The third kappa shape index (κ3) is 3.80. The smallest absolute Gasteiger partial charge is 0.238 e. The monoisotopic (exact) mass is 440 g/mol. The van der Waals surface area contributed by atoms with Gasteiger partial charge in [-0.2, -0.15) is 0 Å². The van der Waals surface area contributed by atoms with E-state index in [1.807, 2.05) is 0 Å². The van der Waals surface area contributed by atoms with Crippen molar-refractivity contribution in [3.05, 3.63) is 54.7 Å². The molecule has 4 aromatic rings. The normalized spacial score (nSPS) is 11.5. The molecule has 0 fully saturated rings. The molecule has 2 aromatic carbocycles. The second kappa shape index (κ2) is 7.93. The van der Waals surface area contributed by atoms with Crippen LogP contribution in [-0.4, -0.2) is 34.7 Å². The van der Waals surface area contributed by atoms with Crippen molar-refractivity contribution in [3.63, 3.8) is 0 Å². The van der Waals surface area contributed by atoms with E-state index in [9.17, 15) is 8.42 Å². The molecule has 9 heteroatoms. The van der Waals surface area contributed by atoms with Crippen molar-refractivity contribution in [3.8, 4) is 39.7 Å². The van der Waals surface area contributed by atoms with Gasteiger partial charge in [0.25, 0.3) is 0 Å². The van der Waals surface area contributed by atoms with Crippen LogP contribution in [0.5, 0.6) is 17.2 Å². The molecule has 4 rings (SSSR count). The molecule has 0 radical (unpaired) electrons. The van der Waals surface area contributed by atoms with Gasteiger partial charge in [0.05, 0.1) is 26.2 Å². The zero-order chi connectivity index (χ0) is 22.2. The molecule has 8 nitrogen and oxygen atoms in total. The molecule has 0 aliphatic heterocycles. The molecular formula is C22H20N2O6S. The standard InChI is InChI=1S/C22H20N2O6S/c1-27-19-10-14(11-20(28-2)22(19)29-3)18-12-17-21(30-18)16(7-8-24-17)13-5-4-6-15(9-13)31(23,25)26/h4-12H,1-3H3,(H2,23,25,26). The van der Waals surface area contributed by atoms with Gasteiger partial charge in [-0.15, -0.1) is 0 Å². The second-order valence-corrected chi connectivity index (χ2v) is 8.23. The largest absolute Gasteiger partial charge is 0.493 e. The minimum absolute atomic E-state index is 0.0198. The van der Waals surface area contributed by atoms with Crippen molar-refractivity contribution < 1.29 is 27.0 Å². The van der Waals surface area contributed by atoms with Crippen LogP contribution in [0.15, 0.2) is 64.0 Å². The fourth-order valence-electron chi connectivity index (χ4n) is 3.37. The molecule has 0 atom stereocenters. The lowest BCUT2D eigenvalue weighted by Crippen LogP contribution is -2.11. The van der Waals surface area contributed by atoms with E-state index in [-0.39, 0.29) is 4.90 Å². The topological polar surface area (TPSA) is 114 Å². The molecule has 2 heterocycles. The molecule has 0 unspecified atom stereocenters. The van der Waals surface area contributed by atoms with Gasteiger partial charge in [-0.05, 0) is 35.9 Å². The lowest BCUT2D eigenvalue weighted by molar-refractivity contribution is 0.324. The van der Waals surface area contributed by atoms with Crippen LogP contribution in [0.4, 0.5) is 0 Å². The lowest BCUT2D eigenvalue weighted by atomic mass is 10.1. The zero-order valence-corrected chi connectivity index (χ0v) is 17.9. The summed E-state index contributed by atoms with van der Waals surface area (Å²) in [7, 11) is 0.782. The first-order chi connectivity index (χ1) is 14.9. The van der Waals surface area contributed by atoms with Gasteiger partial charge in [-0.1, -0.05) is 12.1 Å². The predicted octanol–water partition coefficient (Wildman–Crippen LogP) is 3.84. The maximum absolute atomic E-state index is 11.8. The molecule has 0 aliphatic carbocycles. The third-order valence-electron chi connectivity index (χ3n) is 4.83. The summed E-state index contributed by atoms with van der Waals surface area (Å²) in [6.45, 7) is 0. The number of hydrogen-bond donors (Lipinski definition) is 1. The van der Waals surface area contributed by atoms with E-state index in [1.54, 1.807) is 42.6 Å². The van der Waals surface area contributed by atoms with Crippen molar-refractivity contribution >= 4 is 21.1 Å². The quantitative estimate of drug-likeness (QED) is 0.484. The van der Waals surface area contributed by atoms with E-state index in [4.69, 9.17) is 23.8 Å². The van der Waals surface area contributed by atoms with E-state index >= 15 is 0 Å². The molecule has 31 heavy (non-hydrogen) atoms. The van der Waals surface area contributed by atoms with Crippen molar-refractivity contribution in [1.82, 2.24) is 4.98 Å². The van der Waals surface area contributed by atoms with Gasteiger partial charge in [0.1, 0.15) is 11.3 Å². The maximum atomic E-state index is 11.8. The molecule has 0 amide bonds. The van der Waals surface area contributed by atoms with Crippen LogP contribution < -0.4 is 19.3 Å². The Morgan fingerprint density at radius 1 is 0.903 bits per heavy atom. The molecule has 160 valence electrons. The van der Waals surface area contributed by atoms with Crippen LogP contribution in [0.2, 0.25) is 0 Å². The lowest BCUT2D eigenvalue weighted by Gasteiger charge is -2.13. The summed E-state index contributed by atoms with van der Waals surface area (Å²) in [6.07, 6.45) is 1.63. The summed E-state index contributed by atoms with van der Waals surface area (Å²) in [6, 6.07) is 13.5. The summed E-state index contributed by atoms with van der Waals surface area (Å²) in [5.74, 6) is 2.00. The number of benzene rings is 2. The van der Waals surface area contributed by atoms with Gasteiger partial charge >= 0.3 is 0 Å². The summed E-state index contributed by atoms with van der Waals surface area (Å²) >= 11 is 0. The zero-order valence-electron chi connectivity index (χ0n) is 17.1. The van der Waals surface area contributed by atoms with Gasteiger partial charge in [0.2, 0.25) is 15.8 Å². The first-order valence-corrected chi connectivity index (χ1v) is 10.7. The Bertz CT molecular complexity index is 1350.